The molecule has 0 unspecified atom stereocenters. The molecule has 0 atom stereocenters. The van der Waals surface area contributed by atoms with Crippen LogP contribution in [0.4, 0.5) is 14.9 Å². The van der Waals surface area contributed by atoms with E-state index in [4.69, 9.17) is 4.74 Å². The molecule has 4 nitrogen and oxygen atoms in total. The summed E-state index contributed by atoms with van der Waals surface area (Å²) in [6.07, 6.45) is 1.56. The summed E-state index contributed by atoms with van der Waals surface area (Å²) in [5.74, 6) is -0.221. The predicted molar refractivity (Wildman–Crippen MR) is 111 cm³/mol. The maximum absolute atomic E-state index is 13.0. The highest BCUT2D eigenvalue weighted by molar-refractivity contribution is 7.99. The van der Waals surface area contributed by atoms with Crippen molar-refractivity contribution in [1.29, 1.82) is 0 Å². The van der Waals surface area contributed by atoms with Crippen molar-refractivity contribution in [1.82, 2.24) is 4.90 Å². The number of ether oxygens (including phenoxy) is 1. The fourth-order valence-electron chi connectivity index (χ4n) is 3.03. The molecule has 0 aromatic heterocycles. The third-order valence-electron chi connectivity index (χ3n) is 4.42. The van der Waals surface area contributed by atoms with Crippen molar-refractivity contribution in [3.05, 3.63) is 54.3 Å². The molecule has 0 saturated carbocycles. The number of nitrogens with one attached hydrogen (secondary N) is 1. The summed E-state index contributed by atoms with van der Waals surface area (Å²) in [6.45, 7) is 7.06. The van der Waals surface area contributed by atoms with Crippen LogP contribution in [0, 0.1) is 5.82 Å². The molecule has 0 spiro atoms. The van der Waals surface area contributed by atoms with Crippen molar-refractivity contribution in [3.8, 4) is 0 Å². The molecule has 0 bridgehead atoms. The second-order valence-electron chi connectivity index (χ2n) is 7.97. The molecule has 2 aromatic carbocycles. The standard InChI is InChI=1S/C22H27FN2O2S/c1-22(2,3)27-21(26)25-14-12-18(13-15-25)24-17-6-10-20(11-7-17)28-19-8-4-16(23)5-9-19/h4-11,18,24H,12-15H2,1-3H3. The first-order valence-corrected chi connectivity index (χ1v) is 10.4. The molecular formula is C22H27FN2O2S. The van der Waals surface area contributed by atoms with Gasteiger partial charge in [-0.2, -0.15) is 0 Å². The van der Waals surface area contributed by atoms with E-state index in [1.807, 2.05) is 20.8 Å². The van der Waals surface area contributed by atoms with Crippen LogP contribution in [0.5, 0.6) is 0 Å². The maximum Gasteiger partial charge on any atom is 0.410 e. The summed E-state index contributed by atoms with van der Waals surface area (Å²) < 4.78 is 18.4. The summed E-state index contributed by atoms with van der Waals surface area (Å²) >= 11 is 1.61. The summed E-state index contributed by atoms with van der Waals surface area (Å²) in [6, 6.07) is 15.1. The number of hydrogen-bond acceptors (Lipinski definition) is 4. The van der Waals surface area contributed by atoms with Crippen molar-refractivity contribution >= 4 is 23.5 Å². The Morgan fingerprint density at radius 3 is 2.11 bits per heavy atom. The van der Waals surface area contributed by atoms with Crippen molar-refractivity contribution in [2.75, 3.05) is 18.4 Å². The van der Waals surface area contributed by atoms with Gasteiger partial charge in [0.05, 0.1) is 0 Å². The Labute approximate surface area is 170 Å². The monoisotopic (exact) mass is 402 g/mol. The number of likely N-dealkylation sites (tertiary alicyclic amines) is 1. The highest BCUT2D eigenvalue weighted by Gasteiger charge is 2.26. The third-order valence-corrected chi connectivity index (χ3v) is 5.44. The zero-order valence-electron chi connectivity index (χ0n) is 16.6. The summed E-state index contributed by atoms with van der Waals surface area (Å²) in [5.41, 5.74) is 0.610. The van der Waals surface area contributed by atoms with Gasteiger partial charge in [-0.15, -0.1) is 0 Å². The Morgan fingerprint density at radius 1 is 1.04 bits per heavy atom. The van der Waals surface area contributed by atoms with Crippen LogP contribution >= 0.6 is 11.8 Å². The molecule has 1 heterocycles. The minimum Gasteiger partial charge on any atom is -0.444 e. The largest absolute Gasteiger partial charge is 0.444 e. The quantitative estimate of drug-likeness (QED) is 0.703. The number of carbonyl (C=O) groups is 1. The Bertz CT molecular complexity index is 780. The number of anilines is 1. The molecule has 1 aliphatic rings. The maximum atomic E-state index is 13.0. The summed E-state index contributed by atoms with van der Waals surface area (Å²) in [5, 5.41) is 3.55. The van der Waals surface area contributed by atoms with Gasteiger partial charge in [-0.1, -0.05) is 11.8 Å². The van der Waals surface area contributed by atoms with Gasteiger partial charge in [-0.25, -0.2) is 9.18 Å². The Hall–Kier alpha value is -2.21. The lowest BCUT2D eigenvalue weighted by molar-refractivity contribution is 0.0210. The van der Waals surface area contributed by atoms with Crippen molar-refractivity contribution in [2.45, 2.75) is 55.0 Å². The molecule has 1 saturated heterocycles. The Balaban J connectivity index is 1.47. The van der Waals surface area contributed by atoms with Gasteiger partial charge in [0.25, 0.3) is 0 Å². The number of rotatable bonds is 4. The van der Waals surface area contributed by atoms with Crippen LogP contribution in [-0.2, 0) is 4.74 Å². The number of piperidine rings is 1. The Morgan fingerprint density at radius 2 is 1.57 bits per heavy atom. The average molecular weight is 403 g/mol. The molecular weight excluding hydrogens is 375 g/mol. The lowest BCUT2D eigenvalue weighted by Crippen LogP contribution is -2.44. The van der Waals surface area contributed by atoms with E-state index >= 15 is 0 Å². The highest BCUT2D eigenvalue weighted by atomic mass is 32.2. The van der Waals surface area contributed by atoms with Crippen LogP contribution in [-0.4, -0.2) is 35.7 Å². The zero-order chi connectivity index (χ0) is 20.1. The first-order chi connectivity index (χ1) is 13.3. The first kappa shape index (κ1) is 20.5. The van der Waals surface area contributed by atoms with Gasteiger partial charge in [-0.05, 0) is 82.1 Å². The summed E-state index contributed by atoms with van der Waals surface area (Å²) in [4.78, 5) is 16.0. The van der Waals surface area contributed by atoms with Gasteiger partial charge in [0.2, 0.25) is 0 Å². The molecule has 150 valence electrons. The van der Waals surface area contributed by atoms with E-state index in [2.05, 4.69) is 29.6 Å². The Kier molecular flexibility index (Phi) is 6.50. The fraction of sp³-hybridized carbons (Fsp3) is 0.409. The predicted octanol–water partition coefficient (Wildman–Crippen LogP) is 5.79. The molecule has 1 fully saturated rings. The average Bonchev–Trinajstić information content (AvgIpc) is 2.64. The van der Waals surface area contributed by atoms with Gasteiger partial charge in [0.15, 0.2) is 0 Å². The van der Waals surface area contributed by atoms with Gasteiger partial charge in [0, 0.05) is 34.6 Å². The molecule has 0 aliphatic carbocycles. The minimum atomic E-state index is -0.458. The molecule has 1 aliphatic heterocycles. The lowest BCUT2D eigenvalue weighted by atomic mass is 10.0. The number of nitrogens with zero attached hydrogens (tertiary/aromatic N) is 1. The topological polar surface area (TPSA) is 41.6 Å². The molecule has 3 rings (SSSR count). The van der Waals surface area contributed by atoms with Gasteiger partial charge in [0.1, 0.15) is 11.4 Å². The van der Waals surface area contributed by atoms with E-state index in [9.17, 15) is 9.18 Å². The van der Waals surface area contributed by atoms with E-state index in [1.165, 1.54) is 12.1 Å². The normalized spacial score (nSPS) is 15.4. The molecule has 1 amide bonds. The lowest BCUT2D eigenvalue weighted by Gasteiger charge is -2.34. The van der Waals surface area contributed by atoms with Crippen LogP contribution in [0.2, 0.25) is 0 Å². The number of halogens is 1. The number of hydrogen-bond donors (Lipinski definition) is 1. The van der Waals surface area contributed by atoms with Crippen molar-refractivity contribution in [2.24, 2.45) is 0 Å². The van der Waals surface area contributed by atoms with Gasteiger partial charge < -0.3 is 15.0 Å². The van der Waals surface area contributed by atoms with Gasteiger partial charge in [-0.3, -0.25) is 0 Å². The van der Waals surface area contributed by atoms with E-state index < -0.39 is 5.60 Å². The van der Waals surface area contributed by atoms with Crippen LogP contribution < -0.4 is 5.32 Å². The minimum absolute atomic E-state index is 0.221. The van der Waals surface area contributed by atoms with Crippen LogP contribution in [0.3, 0.4) is 0 Å². The molecule has 2 aromatic rings. The fourth-order valence-corrected chi connectivity index (χ4v) is 3.84. The second-order valence-corrected chi connectivity index (χ2v) is 9.11. The van der Waals surface area contributed by atoms with E-state index in [0.29, 0.717) is 19.1 Å². The van der Waals surface area contributed by atoms with E-state index in [1.54, 1.807) is 28.8 Å². The SMILES string of the molecule is CC(C)(C)OC(=O)N1CCC(Nc2ccc(Sc3ccc(F)cc3)cc2)CC1. The molecule has 0 radical (unpaired) electrons. The van der Waals surface area contributed by atoms with Crippen LogP contribution in [0.1, 0.15) is 33.6 Å². The third kappa shape index (κ3) is 6.16. The second kappa shape index (κ2) is 8.86. The summed E-state index contributed by atoms with van der Waals surface area (Å²) in [7, 11) is 0. The highest BCUT2D eigenvalue weighted by Crippen LogP contribution is 2.29. The van der Waals surface area contributed by atoms with Crippen LogP contribution in [0.25, 0.3) is 0 Å². The smallest absolute Gasteiger partial charge is 0.410 e. The number of benzene rings is 2. The van der Waals surface area contributed by atoms with Gasteiger partial charge >= 0.3 is 6.09 Å². The number of amides is 1. The molecule has 1 N–H and O–H groups in total. The number of carbonyl (C=O) groups excluding carboxylic acids is 1. The zero-order valence-corrected chi connectivity index (χ0v) is 17.4. The molecule has 28 heavy (non-hydrogen) atoms. The van der Waals surface area contributed by atoms with E-state index in [-0.39, 0.29) is 11.9 Å². The first-order valence-electron chi connectivity index (χ1n) is 9.56. The van der Waals surface area contributed by atoms with Crippen molar-refractivity contribution in [3.63, 3.8) is 0 Å². The van der Waals surface area contributed by atoms with Crippen LogP contribution in [0.15, 0.2) is 58.3 Å². The van der Waals surface area contributed by atoms with E-state index in [0.717, 1.165) is 28.3 Å². The van der Waals surface area contributed by atoms with Crippen molar-refractivity contribution < 1.29 is 13.9 Å². The molecule has 6 heteroatoms.